The van der Waals surface area contributed by atoms with E-state index >= 15 is 0 Å². The number of carbonyl (C=O) groups is 1. The number of hydrogen-bond donors (Lipinski definition) is 1. The van der Waals surface area contributed by atoms with Crippen molar-refractivity contribution in [1.82, 2.24) is 9.97 Å². The van der Waals surface area contributed by atoms with Gasteiger partial charge < -0.3 is 5.11 Å². The molecule has 0 spiro atoms. The van der Waals surface area contributed by atoms with Crippen molar-refractivity contribution >= 4 is 40.8 Å². The van der Waals surface area contributed by atoms with Crippen LogP contribution in [0.25, 0.3) is 0 Å². The second kappa shape index (κ2) is 3.65. The lowest BCUT2D eigenvalue weighted by molar-refractivity contribution is 0.0683. The third kappa shape index (κ3) is 2.69. The fraction of sp³-hybridized carbons (Fsp3) is 0.167. The molecular formula is C6H3Cl3N2O2. The Hall–Kier alpha value is -0.580. The highest BCUT2D eigenvalue weighted by molar-refractivity contribution is 6.66. The summed E-state index contributed by atoms with van der Waals surface area (Å²) in [5.41, 5.74) is 0.0323. The van der Waals surface area contributed by atoms with Crippen LogP contribution >= 0.6 is 34.8 Å². The van der Waals surface area contributed by atoms with Gasteiger partial charge in [0.1, 0.15) is 0 Å². The Morgan fingerprint density at radius 2 is 2.08 bits per heavy atom. The van der Waals surface area contributed by atoms with E-state index in [1.807, 2.05) is 0 Å². The van der Waals surface area contributed by atoms with Gasteiger partial charge in [-0.15, -0.1) is 0 Å². The van der Waals surface area contributed by atoms with E-state index in [1.165, 1.54) is 12.3 Å². The molecule has 0 amide bonds. The van der Waals surface area contributed by atoms with Gasteiger partial charge in [0, 0.05) is 6.20 Å². The van der Waals surface area contributed by atoms with Gasteiger partial charge in [0.05, 0.1) is 5.69 Å². The number of halogens is 3. The lowest BCUT2D eigenvalue weighted by atomic mass is 10.4. The van der Waals surface area contributed by atoms with Crippen LogP contribution in [-0.4, -0.2) is 21.0 Å². The Kier molecular flexibility index (Phi) is 2.95. The van der Waals surface area contributed by atoms with Gasteiger partial charge in [-0.25, -0.2) is 14.8 Å². The van der Waals surface area contributed by atoms with Crippen LogP contribution in [0.3, 0.4) is 0 Å². The van der Waals surface area contributed by atoms with Crippen LogP contribution in [-0.2, 0) is 3.79 Å². The maximum absolute atomic E-state index is 10.4. The van der Waals surface area contributed by atoms with E-state index < -0.39 is 15.6 Å². The summed E-state index contributed by atoms with van der Waals surface area (Å²) >= 11 is 16.4. The minimum Gasteiger partial charge on any atom is -0.475 e. The lowest BCUT2D eigenvalue weighted by Gasteiger charge is -2.08. The van der Waals surface area contributed by atoms with E-state index in [9.17, 15) is 4.79 Å². The zero-order chi connectivity index (χ0) is 10.1. The minimum absolute atomic E-state index is 0.0323. The molecule has 1 aromatic rings. The molecule has 0 aliphatic carbocycles. The summed E-state index contributed by atoms with van der Waals surface area (Å²) in [6.07, 6.45) is 1.22. The van der Waals surface area contributed by atoms with Crippen molar-refractivity contribution < 1.29 is 9.90 Å². The summed E-state index contributed by atoms with van der Waals surface area (Å²) in [6, 6.07) is 1.33. The maximum atomic E-state index is 10.4. The van der Waals surface area contributed by atoms with Gasteiger partial charge in [-0.3, -0.25) is 0 Å². The maximum Gasteiger partial charge on any atom is 0.373 e. The van der Waals surface area contributed by atoms with Crippen molar-refractivity contribution in [3.05, 3.63) is 23.8 Å². The molecule has 1 N–H and O–H groups in total. The van der Waals surface area contributed by atoms with Crippen molar-refractivity contribution in [2.45, 2.75) is 3.79 Å². The molecule has 4 nitrogen and oxygen atoms in total. The predicted octanol–water partition coefficient (Wildman–Crippen LogP) is 2.00. The van der Waals surface area contributed by atoms with Crippen molar-refractivity contribution in [3.8, 4) is 0 Å². The molecule has 0 fully saturated rings. The summed E-state index contributed by atoms with van der Waals surface area (Å²) < 4.78 is -1.73. The van der Waals surface area contributed by atoms with Gasteiger partial charge in [-0.2, -0.15) is 0 Å². The van der Waals surface area contributed by atoms with E-state index in [4.69, 9.17) is 39.9 Å². The Morgan fingerprint density at radius 1 is 1.46 bits per heavy atom. The normalized spacial score (nSPS) is 11.3. The average Bonchev–Trinajstić information content (AvgIpc) is 2.03. The molecule has 7 heteroatoms. The molecule has 0 saturated heterocycles. The van der Waals surface area contributed by atoms with Crippen LogP contribution in [0.4, 0.5) is 0 Å². The zero-order valence-electron chi connectivity index (χ0n) is 6.04. The summed E-state index contributed by atoms with van der Waals surface area (Å²) in [7, 11) is 0. The van der Waals surface area contributed by atoms with E-state index in [2.05, 4.69) is 9.97 Å². The minimum atomic E-state index is -1.73. The SMILES string of the molecule is O=C(O)c1nccc(C(Cl)(Cl)Cl)n1. The van der Waals surface area contributed by atoms with Gasteiger partial charge in [0.15, 0.2) is 0 Å². The first-order valence-corrected chi connectivity index (χ1v) is 4.18. The number of hydrogen-bond acceptors (Lipinski definition) is 3. The highest BCUT2D eigenvalue weighted by Crippen LogP contribution is 2.36. The molecule has 1 rings (SSSR count). The van der Waals surface area contributed by atoms with Crippen molar-refractivity contribution in [2.75, 3.05) is 0 Å². The van der Waals surface area contributed by atoms with Gasteiger partial charge in [0.25, 0.3) is 0 Å². The molecule has 0 atom stereocenters. The second-order valence-electron chi connectivity index (χ2n) is 2.07. The first-order chi connectivity index (χ1) is 5.91. The molecule has 13 heavy (non-hydrogen) atoms. The second-order valence-corrected chi connectivity index (χ2v) is 4.35. The molecule has 0 radical (unpaired) electrons. The lowest BCUT2D eigenvalue weighted by Crippen LogP contribution is -2.10. The number of carboxylic acid groups (broad SMARTS) is 1. The van der Waals surface area contributed by atoms with Gasteiger partial charge in [-0.05, 0) is 6.07 Å². The van der Waals surface area contributed by atoms with E-state index in [1.54, 1.807) is 0 Å². The average molecular weight is 241 g/mol. The van der Waals surface area contributed by atoms with Gasteiger partial charge in [-0.1, -0.05) is 34.8 Å². The van der Waals surface area contributed by atoms with Crippen LogP contribution in [0.1, 0.15) is 16.3 Å². The fourth-order valence-corrected chi connectivity index (χ4v) is 0.935. The molecule has 1 aromatic heterocycles. The van der Waals surface area contributed by atoms with Gasteiger partial charge >= 0.3 is 5.97 Å². The van der Waals surface area contributed by atoms with E-state index in [-0.39, 0.29) is 5.69 Å². The van der Waals surface area contributed by atoms with Crippen LogP contribution in [0.2, 0.25) is 0 Å². The number of aromatic nitrogens is 2. The Bertz CT molecular complexity index is 337. The third-order valence-corrected chi connectivity index (χ3v) is 1.72. The van der Waals surface area contributed by atoms with Crippen molar-refractivity contribution in [3.63, 3.8) is 0 Å². The summed E-state index contributed by atoms with van der Waals surface area (Å²) in [4.78, 5) is 17.4. The summed E-state index contributed by atoms with van der Waals surface area (Å²) in [6.45, 7) is 0. The monoisotopic (exact) mass is 240 g/mol. The topological polar surface area (TPSA) is 63.1 Å². The number of rotatable bonds is 1. The first-order valence-electron chi connectivity index (χ1n) is 3.05. The predicted molar refractivity (Wildman–Crippen MR) is 48.2 cm³/mol. The highest BCUT2D eigenvalue weighted by atomic mass is 35.6. The molecule has 1 heterocycles. The van der Waals surface area contributed by atoms with Crippen LogP contribution in [0, 0.1) is 0 Å². The smallest absolute Gasteiger partial charge is 0.373 e. The molecule has 0 bridgehead atoms. The van der Waals surface area contributed by atoms with Gasteiger partial charge in [0.2, 0.25) is 9.62 Å². The Labute approximate surface area is 88.5 Å². The Morgan fingerprint density at radius 3 is 2.54 bits per heavy atom. The quantitative estimate of drug-likeness (QED) is 0.764. The third-order valence-electron chi connectivity index (χ3n) is 1.14. The van der Waals surface area contributed by atoms with Crippen LogP contribution in [0.15, 0.2) is 12.3 Å². The summed E-state index contributed by atoms with van der Waals surface area (Å²) in [5.74, 6) is -1.67. The molecule has 0 unspecified atom stereocenters. The zero-order valence-corrected chi connectivity index (χ0v) is 8.31. The number of aromatic carboxylic acids is 1. The number of nitrogens with zero attached hydrogens (tertiary/aromatic N) is 2. The van der Waals surface area contributed by atoms with E-state index in [0.717, 1.165) is 0 Å². The standard InChI is InChI=1S/C6H3Cl3N2O2/c7-6(8,9)3-1-2-10-4(11-3)5(12)13/h1-2H,(H,12,13). The molecular weight excluding hydrogens is 238 g/mol. The Balaban J connectivity index is 3.13. The summed E-state index contributed by atoms with van der Waals surface area (Å²) in [5, 5.41) is 8.52. The highest BCUT2D eigenvalue weighted by Gasteiger charge is 2.25. The molecule has 0 saturated carbocycles. The van der Waals surface area contributed by atoms with Crippen LogP contribution in [0.5, 0.6) is 0 Å². The largest absolute Gasteiger partial charge is 0.475 e. The van der Waals surface area contributed by atoms with E-state index in [0.29, 0.717) is 0 Å². The number of alkyl halides is 3. The van der Waals surface area contributed by atoms with Crippen LogP contribution < -0.4 is 0 Å². The molecule has 0 aromatic carbocycles. The molecule has 70 valence electrons. The fourth-order valence-electron chi connectivity index (χ4n) is 0.620. The van der Waals surface area contributed by atoms with Crippen molar-refractivity contribution in [1.29, 1.82) is 0 Å². The number of carboxylic acids is 1. The molecule has 0 aliphatic rings. The first kappa shape index (κ1) is 10.5. The molecule has 0 aliphatic heterocycles. The van der Waals surface area contributed by atoms with Crippen molar-refractivity contribution in [2.24, 2.45) is 0 Å².